The fourth-order valence-corrected chi connectivity index (χ4v) is 2.13. The van der Waals surface area contributed by atoms with Crippen LogP contribution in [0.2, 0.25) is 0 Å². The summed E-state index contributed by atoms with van der Waals surface area (Å²) in [6.07, 6.45) is 1.44. The minimum absolute atomic E-state index is 0.354. The van der Waals surface area contributed by atoms with E-state index in [1.165, 1.54) is 6.26 Å². The van der Waals surface area contributed by atoms with Crippen LogP contribution in [0.3, 0.4) is 0 Å². The van der Waals surface area contributed by atoms with Crippen LogP contribution in [0.25, 0.3) is 11.0 Å². The molecule has 3 nitrogen and oxygen atoms in total. The largest absolute Gasteiger partial charge is 0.463 e. The fraction of sp³-hybridized carbons (Fsp3) is 0.250. The van der Waals surface area contributed by atoms with Gasteiger partial charge in [0, 0.05) is 9.86 Å². The van der Waals surface area contributed by atoms with Crippen LogP contribution in [-0.2, 0) is 4.74 Å². The second kappa shape index (κ2) is 4.29. The molecule has 0 aliphatic heterocycles. The lowest BCUT2D eigenvalue weighted by atomic mass is 10.1. The first-order valence-electron chi connectivity index (χ1n) is 4.98. The van der Waals surface area contributed by atoms with E-state index < -0.39 is 0 Å². The SMILES string of the molecule is CCOC(=O)c1coc2c(C)ccc(Br)c12. The van der Waals surface area contributed by atoms with Crippen molar-refractivity contribution >= 4 is 32.9 Å². The summed E-state index contributed by atoms with van der Waals surface area (Å²) in [5.74, 6) is -0.354. The van der Waals surface area contributed by atoms with Gasteiger partial charge in [0.05, 0.1) is 6.61 Å². The maximum Gasteiger partial charge on any atom is 0.342 e. The number of hydrogen-bond acceptors (Lipinski definition) is 3. The highest BCUT2D eigenvalue weighted by atomic mass is 79.9. The molecule has 0 bridgehead atoms. The van der Waals surface area contributed by atoms with Crippen LogP contribution in [0.4, 0.5) is 0 Å². The summed E-state index contributed by atoms with van der Waals surface area (Å²) in [7, 11) is 0. The summed E-state index contributed by atoms with van der Waals surface area (Å²) in [6.45, 7) is 4.07. The second-order valence-electron chi connectivity index (χ2n) is 3.44. The molecule has 84 valence electrons. The molecule has 0 fully saturated rings. The van der Waals surface area contributed by atoms with E-state index in [1.807, 2.05) is 19.1 Å². The summed E-state index contributed by atoms with van der Waals surface area (Å²) in [5, 5.41) is 0.776. The Balaban J connectivity index is 2.64. The molecular formula is C12H11BrO3. The first-order valence-corrected chi connectivity index (χ1v) is 5.78. The zero-order chi connectivity index (χ0) is 11.7. The monoisotopic (exact) mass is 282 g/mol. The van der Waals surface area contributed by atoms with E-state index >= 15 is 0 Å². The highest BCUT2D eigenvalue weighted by Gasteiger charge is 2.18. The molecule has 0 unspecified atom stereocenters. The van der Waals surface area contributed by atoms with Crippen LogP contribution in [0.5, 0.6) is 0 Å². The van der Waals surface area contributed by atoms with Crippen LogP contribution in [-0.4, -0.2) is 12.6 Å². The van der Waals surface area contributed by atoms with Crippen molar-refractivity contribution in [2.75, 3.05) is 6.61 Å². The maximum absolute atomic E-state index is 11.7. The van der Waals surface area contributed by atoms with E-state index in [0.717, 1.165) is 21.0 Å². The third-order valence-corrected chi connectivity index (χ3v) is 3.02. The Labute approximate surface area is 102 Å². The Bertz CT molecular complexity index is 542. The molecule has 4 heteroatoms. The molecule has 0 aliphatic rings. The van der Waals surface area contributed by atoms with Crippen molar-refractivity contribution in [1.29, 1.82) is 0 Å². The summed E-state index contributed by atoms with van der Waals surface area (Å²) in [4.78, 5) is 11.7. The third-order valence-electron chi connectivity index (χ3n) is 2.36. The second-order valence-corrected chi connectivity index (χ2v) is 4.29. The van der Waals surface area contributed by atoms with E-state index in [-0.39, 0.29) is 5.97 Å². The molecule has 0 amide bonds. The van der Waals surface area contributed by atoms with Gasteiger partial charge in [-0.05, 0) is 25.5 Å². The molecule has 1 heterocycles. The number of halogens is 1. The number of rotatable bonds is 2. The van der Waals surface area contributed by atoms with E-state index in [1.54, 1.807) is 6.92 Å². The Hall–Kier alpha value is -1.29. The van der Waals surface area contributed by atoms with Crippen molar-refractivity contribution in [3.8, 4) is 0 Å². The number of aryl methyl sites for hydroxylation is 1. The van der Waals surface area contributed by atoms with Gasteiger partial charge in [-0.2, -0.15) is 0 Å². The van der Waals surface area contributed by atoms with Crippen LogP contribution in [0.15, 0.2) is 27.3 Å². The minimum Gasteiger partial charge on any atom is -0.463 e. The van der Waals surface area contributed by atoms with Crippen molar-refractivity contribution in [1.82, 2.24) is 0 Å². The number of fused-ring (bicyclic) bond motifs is 1. The highest BCUT2D eigenvalue weighted by Crippen LogP contribution is 2.31. The van der Waals surface area contributed by atoms with Gasteiger partial charge in [0.2, 0.25) is 0 Å². The average Bonchev–Trinajstić information content (AvgIpc) is 2.69. The maximum atomic E-state index is 11.7. The normalized spacial score (nSPS) is 10.7. The molecule has 0 radical (unpaired) electrons. The topological polar surface area (TPSA) is 39.4 Å². The van der Waals surface area contributed by atoms with Crippen molar-refractivity contribution in [2.24, 2.45) is 0 Å². The molecule has 1 aromatic carbocycles. The van der Waals surface area contributed by atoms with E-state index in [9.17, 15) is 4.79 Å². The molecule has 0 saturated heterocycles. The third kappa shape index (κ3) is 1.73. The molecule has 0 saturated carbocycles. The molecule has 0 spiro atoms. The van der Waals surface area contributed by atoms with Crippen molar-refractivity contribution in [2.45, 2.75) is 13.8 Å². The summed E-state index contributed by atoms with van der Waals surface area (Å²) in [6, 6.07) is 3.83. The van der Waals surface area contributed by atoms with Crippen molar-refractivity contribution in [3.63, 3.8) is 0 Å². The van der Waals surface area contributed by atoms with Crippen LogP contribution in [0.1, 0.15) is 22.8 Å². The number of carbonyl (C=O) groups excluding carboxylic acids is 1. The van der Waals surface area contributed by atoms with Gasteiger partial charge >= 0.3 is 5.97 Å². The van der Waals surface area contributed by atoms with Gasteiger partial charge < -0.3 is 9.15 Å². The van der Waals surface area contributed by atoms with Crippen LogP contribution < -0.4 is 0 Å². The predicted molar refractivity (Wildman–Crippen MR) is 64.6 cm³/mol. The van der Waals surface area contributed by atoms with Gasteiger partial charge in [0.1, 0.15) is 17.4 Å². The summed E-state index contributed by atoms with van der Waals surface area (Å²) in [5.41, 5.74) is 2.18. The Morgan fingerprint density at radius 1 is 1.50 bits per heavy atom. The number of benzene rings is 1. The van der Waals surface area contributed by atoms with Gasteiger partial charge in [-0.25, -0.2) is 4.79 Å². The zero-order valence-electron chi connectivity index (χ0n) is 9.04. The fourth-order valence-electron chi connectivity index (χ4n) is 1.60. The highest BCUT2D eigenvalue weighted by molar-refractivity contribution is 9.10. The number of ether oxygens (including phenoxy) is 1. The smallest absolute Gasteiger partial charge is 0.342 e. The lowest BCUT2D eigenvalue weighted by Crippen LogP contribution is -2.03. The first-order chi connectivity index (χ1) is 7.65. The summed E-state index contributed by atoms with van der Waals surface area (Å²) >= 11 is 3.41. The lowest BCUT2D eigenvalue weighted by Gasteiger charge is -2.01. The molecule has 0 atom stereocenters. The zero-order valence-corrected chi connectivity index (χ0v) is 10.6. The molecule has 2 rings (SSSR count). The average molecular weight is 283 g/mol. The molecule has 2 aromatic rings. The number of furan rings is 1. The molecular weight excluding hydrogens is 272 g/mol. The van der Waals surface area contributed by atoms with Gasteiger partial charge in [-0.1, -0.05) is 22.0 Å². The van der Waals surface area contributed by atoms with Gasteiger partial charge in [0.15, 0.2) is 0 Å². The molecule has 16 heavy (non-hydrogen) atoms. The van der Waals surface area contributed by atoms with Crippen LogP contribution in [0, 0.1) is 6.92 Å². The van der Waals surface area contributed by atoms with Crippen LogP contribution >= 0.6 is 15.9 Å². The molecule has 0 N–H and O–H groups in total. The number of hydrogen-bond donors (Lipinski definition) is 0. The quantitative estimate of drug-likeness (QED) is 0.789. The molecule has 0 aliphatic carbocycles. The predicted octanol–water partition coefficient (Wildman–Crippen LogP) is 3.68. The first kappa shape index (κ1) is 11.2. The number of carbonyl (C=O) groups is 1. The van der Waals surface area contributed by atoms with E-state index in [0.29, 0.717) is 12.2 Å². The minimum atomic E-state index is -0.354. The Morgan fingerprint density at radius 2 is 2.25 bits per heavy atom. The lowest BCUT2D eigenvalue weighted by molar-refractivity contribution is 0.0527. The van der Waals surface area contributed by atoms with Crippen molar-refractivity contribution in [3.05, 3.63) is 34.0 Å². The van der Waals surface area contributed by atoms with Gasteiger partial charge in [0.25, 0.3) is 0 Å². The Kier molecular flexibility index (Phi) is 3.01. The van der Waals surface area contributed by atoms with E-state index in [2.05, 4.69) is 15.9 Å². The summed E-state index contributed by atoms with van der Waals surface area (Å²) < 4.78 is 11.2. The van der Waals surface area contributed by atoms with Gasteiger partial charge in [-0.15, -0.1) is 0 Å². The number of esters is 1. The molecule has 1 aromatic heterocycles. The van der Waals surface area contributed by atoms with Crippen molar-refractivity contribution < 1.29 is 13.9 Å². The standard InChI is InChI=1S/C12H11BrO3/c1-3-15-12(14)8-6-16-11-7(2)4-5-9(13)10(8)11/h4-6H,3H2,1-2H3. The van der Waals surface area contributed by atoms with E-state index in [4.69, 9.17) is 9.15 Å². The van der Waals surface area contributed by atoms with Gasteiger partial charge in [-0.3, -0.25) is 0 Å². The Morgan fingerprint density at radius 3 is 2.94 bits per heavy atom.